The SMILES string of the molecule is BrCCc1cn(Cc2ccc3ncccc3c2)nn1. The Kier molecular flexibility index (Phi) is 3.55. The van der Waals surface area contributed by atoms with Crippen molar-refractivity contribution in [1.82, 2.24) is 20.0 Å². The molecule has 0 N–H and O–H groups in total. The molecule has 0 unspecified atom stereocenters. The third-order valence-corrected chi connectivity index (χ3v) is 3.35. The lowest BCUT2D eigenvalue weighted by atomic mass is 10.1. The summed E-state index contributed by atoms with van der Waals surface area (Å²) in [6, 6.07) is 10.3. The minimum Gasteiger partial charge on any atom is -0.256 e. The number of hydrogen-bond acceptors (Lipinski definition) is 3. The molecule has 0 saturated heterocycles. The van der Waals surface area contributed by atoms with Gasteiger partial charge in [-0.25, -0.2) is 4.68 Å². The molecular weight excluding hydrogens is 304 g/mol. The van der Waals surface area contributed by atoms with Gasteiger partial charge in [0.05, 0.1) is 17.8 Å². The largest absolute Gasteiger partial charge is 0.256 e. The first kappa shape index (κ1) is 12.3. The molecule has 1 aromatic carbocycles. The van der Waals surface area contributed by atoms with Crippen LogP contribution in [0.3, 0.4) is 0 Å². The van der Waals surface area contributed by atoms with Crippen LogP contribution in [0.5, 0.6) is 0 Å². The van der Waals surface area contributed by atoms with Crippen molar-refractivity contribution in [2.75, 3.05) is 5.33 Å². The maximum absolute atomic E-state index is 4.32. The number of fused-ring (bicyclic) bond motifs is 1. The molecule has 0 aliphatic carbocycles. The van der Waals surface area contributed by atoms with Gasteiger partial charge in [0.25, 0.3) is 0 Å². The minimum absolute atomic E-state index is 0.736. The van der Waals surface area contributed by atoms with Crippen LogP contribution >= 0.6 is 15.9 Å². The van der Waals surface area contributed by atoms with Crippen LogP contribution in [0.25, 0.3) is 10.9 Å². The standard InChI is InChI=1S/C14H13BrN4/c15-6-5-13-10-19(18-17-13)9-11-3-4-14-12(8-11)2-1-7-16-14/h1-4,7-8,10H,5-6,9H2. The van der Waals surface area contributed by atoms with Crippen LogP contribution in [0.1, 0.15) is 11.3 Å². The predicted octanol–water partition coefficient (Wildman–Crippen LogP) is 2.81. The molecule has 0 aliphatic heterocycles. The molecular formula is C14H13BrN4. The van der Waals surface area contributed by atoms with E-state index >= 15 is 0 Å². The van der Waals surface area contributed by atoms with Crippen LogP contribution in [0.4, 0.5) is 0 Å². The molecule has 0 spiro atoms. The summed E-state index contributed by atoms with van der Waals surface area (Å²) in [5.41, 5.74) is 3.24. The van der Waals surface area contributed by atoms with Crippen molar-refractivity contribution < 1.29 is 0 Å². The minimum atomic E-state index is 0.736. The summed E-state index contributed by atoms with van der Waals surface area (Å²) in [5, 5.41) is 10.3. The van der Waals surface area contributed by atoms with Crippen molar-refractivity contribution in [2.45, 2.75) is 13.0 Å². The topological polar surface area (TPSA) is 43.6 Å². The summed E-state index contributed by atoms with van der Waals surface area (Å²) in [6.07, 6.45) is 4.71. The fourth-order valence-corrected chi connectivity index (χ4v) is 2.44. The predicted molar refractivity (Wildman–Crippen MR) is 78.4 cm³/mol. The average molecular weight is 317 g/mol. The summed E-state index contributed by atoms with van der Waals surface area (Å²) >= 11 is 3.41. The summed E-state index contributed by atoms with van der Waals surface area (Å²) in [4.78, 5) is 4.32. The number of pyridine rings is 1. The molecule has 3 aromatic rings. The zero-order valence-electron chi connectivity index (χ0n) is 10.3. The molecule has 19 heavy (non-hydrogen) atoms. The molecule has 0 saturated carbocycles. The number of aromatic nitrogens is 4. The van der Waals surface area contributed by atoms with E-state index in [0.717, 1.165) is 34.9 Å². The smallest absolute Gasteiger partial charge is 0.0835 e. The zero-order valence-corrected chi connectivity index (χ0v) is 11.9. The van der Waals surface area contributed by atoms with Crippen molar-refractivity contribution in [1.29, 1.82) is 0 Å². The third-order valence-electron chi connectivity index (χ3n) is 2.95. The van der Waals surface area contributed by atoms with Gasteiger partial charge in [-0.05, 0) is 23.8 Å². The number of aryl methyl sites for hydroxylation is 1. The summed E-state index contributed by atoms with van der Waals surface area (Å²) in [6.45, 7) is 0.736. The van der Waals surface area contributed by atoms with Crippen LogP contribution in [0.2, 0.25) is 0 Å². The average Bonchev–Trinajstić information content (AvgIpc) is 2.86. The molecule has 0 bridgehead atoms. The molecule has 0 atom stereocenters. The first-order chi connectivity index (χ1) is 9.35. The van der Waals surface area contributed by atoms with Gasteiger partial charge in [-0.1, -0.05) is 33.3 Å². The lowest BCUT2D eigenvalue weighted by molar-refractivity contribution is 0.649. The first-order valence-electron chi connectivity index (χ1n) is 6.14. The first-order valence-corrected chi connectivity index (χ1v) is 7.26. The van der Waals surface area contributed by atoms with Gasteiger partial charge in [0, 0.05) is 29.5 Å². The molecule has 0 fully saturated rings. The fraction of sp³-hybridized carbons (Fsp3) is 0.214. The van der Waals surface area contributed by atoms with Crippen LogP contribution < -0.4 is 0 Å². The van der Waals surface area contributed by atoms with Crippen LogP contribution in [0.15, 0.2) is 42.7 Å². The second-order valence-electron chi connectivity index (χ2n) is 4.38. The van der Waals surface area contributed by atoms with Crippen molar-refractivity contribution in [3.63, 3.8) is 0 Å². The van der Waals surface area contributed by atoms with Crippen LogP contribution in [-0.2, 0) is 13.0 Å². The normalized spacial score (nSPS) is 11.0. The van der Waals surface area contributed by atoms with Gasteiger partial charge in [-0.3, -0.25) is 4.98 Å². The molecule has 0 aliphatic rings. The Hall–Kier alpha value is -1.75. The van der Waals surface area contributed by atoms with E-state index in [9.17, 15) is 0 Å². The van der Waals surface area contributed by atoms with E-state index in [1.807, 2.05) is 29.2 Å². The molecule has 2 heterocycles. The van der Waals surface area contributed by atoms with Gasteiger partial charge < -0.3 is 0 Å². The number of alkyl halides is 1. The number of halogens is 1. The number of rotatable bonds is 4. The number of nitrogens with zero attached hydrogens (tertiary/aromatic N) is 4. The van der Waals surface area contributed by atoms with Crippen LogP contribution in [0, 0.1) is 0 Å². The highest BCUT2D eigenvalue weighted by Crippen LogP contribution is 2.14. The van der Waals surface area contributed by atoms with E-state index < -0.39 is 0 Å². The molecule has 5 heteroatoms. The quantitative estimate of drug-likeness (QED) is 0.695. The van der Waals surface area contributed by atoms with Crippen molar-refractivity contribution in [2.24, 2.45) is 0 Å². The van der Waals surface area contributed by atoms with Crippen molar-refractivity contribution in [3.8, 4) is 0 Å². The fourth-order valence-electron chi connectivity index (χ4n) is 2.04. The Labute approximate surface area is 119 Å². The van der Waals surface area contributed by atoms with E-state index in [2.05, 4.69) is 49.4 Å². The van der Waals surface area contributed by atoms with Gasteiger partial charge >= 0.3 is 0 Å². The van der Waals surface area contributed by atoms with Crippen molar-refractivity contribution >= 4 is 26.8 Å². The Bertz CT molecular complexity index is 692. The Morgan fingerprint density at radius 1 is 1.21 bits per heavy atom. The maximum Gasteiger partial charge on any atom is 0.0835 e. The van der Waals surface area contributed by atoms with Gasteiger partial charge in [0.1, 0.15) is 0 Å². The molecule has 3 rings (SSSR count). The van der Waals surface area contributed by atoms with E-state index in [4.69, 9.17) is 0 Å². The Morgan fingerprint density at radius 3 is 3.05 bits per heavy atom. The molecule has 0 radical (unpaired) electrons. The molecule has 0 amide bonds. The Balaban J connectivity index is 1.83. The molecule has 2 aromatic heterocycles. The maximum atomic E-state index is 4.32. The second kappa shape index (κ2) is 5.48. The highest BCUT2D eigenvalue weighted by Gasteiger charge is 2.02. The van der Waals surface area contributed by atoms with E-state index in [1.165, 1.54) is 5.56 Å². The summed E-state index contributed by atoms with van der Waals surface area (Å²) in [7, 11) is 0. The molecule has 96 valence electrons. The lowest BCUT2D eigenvalue weighted by Crippen LogP contribution is -2.00. The van der Waals surface area contributed by atoms with Crippen molar-refractivity contribution in [3.05, 3.63) is 54.0 Å². The summed E-state index contributed by atoms with van der Waals surface area (Å²) < 4.78 is 1.87. The zero-order chi connectivity index (χ0) is 13.1. The van der Waals surface area contributed by atoms with E-state index in [0.29, 0.717) is 0 Å². The third kappa shape index (κ3) is 2.81. The van der Waals surface area contributed by atoms with Gasteiger partial charge in [-0.15, -0.1) is 5.10 Å². The highest BCUT2D eigenvalue weighted by atomic mass is 79.9. The summed E-state index contributed by atoms with van der Waals surface area (Å²) in [5.74, 6) is 0. The highest BCUT2D eigenvalue weighted by molar-refractivity contribution is 9.09. The lowest BCUT2D eigenvalue weighted by Gasteiger charge is -2.02. The van der Waals surface area contributed by atoms with Gasteiger partial charge in [0.15, 0.2) is 0 Å². The second-order valence-corrected chi connectivity index (χ2v) is 5.17. The van der Waals surface area contributed by atoms with Crippen LogP contribution in [-0.4, -0.2) is 25.3 Å². The van der Waals surface area contributed by atoms with Gasteiger partial charge in [0.2, 0.25) is 0 Å². The number of benzene rings is 1. The van der Waals surface area contributed by atoms with E-state index in [-0.39, 0.29) is 0 Å². The monoisotopic (exact) mass is 316 g/mol. The number of hydrogen-bond donors (Lipinski definition) is 0. The van der Waals surface area contributed by atoms with E-state index in [1.54, 1.807) is 0 Å². The van der Waals surface area contributed by atoms with Gasteiger partial charge in [-0.2, -0.15) is 0 Å². The molecule has 4 nitrogen and oxygen atoms in total. The Morgan fingerprint density at radius 2 is 2.16 bits per heavy atom.